The third-order valence-corrected chi connectivity index (χ3v) is 7.85. The topological polar surface area (TPSA) is 126 Å². The summed E-state index contributed by atoms with van der Waals surface area (Å²) < 4.78 is 65.6. The van der Waals surface area contributed by atoms with Crippen LogP contribution in [0.3, 0.4) is 0 Å². The summed E-state index contributed by atoms with van der Waals surface area (Å²) in [5.74, 6) is 0. The molecule has 1 aromatic carbocycles. The number of sulfonamides is 1. The molecule has 0 amide bonds. The molecule has 1 heterocycles. The molecular formula is C28H51N3O9S. The van der Waals surface area contributed by atoms with Crippen molar-refractivity contribution in [2.75, 3.05) is 126 Å². The number of hydrogen-bond donors (Lipinski definition) is 2. The van der Waals surface area contributed by atoms with Gasteiger partial charge in [-0.3, -0.25) is 0 Å². The van der Waals surface area contributed by atoms with E-state index in [1.807, 2.05) is 13.1 Å². The zero-order chi connectivity index (χ0) is 29.4. The molecule has 12 nitrogen and oxygen atoms in total. The molecule has 1 aliphatic heterocycles. The zero-order valence-corrected chi connectivity index (χ0v) is 25.7. The molecule has 2 rings (SSSR count). The van der Waals surface area contributed by atoms with Crippen molar-refractivity contribution >= 4 is 10.0 Å². The minimum atomic E-state index is -3.62. The van der Waals surface area contributed by atoms with Gasteiger partial charge in [0.15, 0.2) is 0 Å². The van der Waals surface area contributed by atoms with Crippen molar-refractivity contribution in [3.05, 3.63) is 29.8 Å². The smallest absolute Gasteiger partial charge is 0.240 e. The van der Waals surface area contributed by atoms with Gasteiger partial charge in [-0.15, -0.1) is 0 Å². The number of methoxy groups -OCH3 is 1. The van der Waals surface area contributed by atoms with Gasteiger partial charge in [-0.25, -0.2) is 13.1 Å². The first kappa shape index (κ1) is 36.0. The van der Waals surface area contributed by atoms with Crippen molar-refractivity contribution in [1.82, 2.24) is 14.9 Å². The Kier molecular flexibility index (Phi) is 20.4. The Morgan fingerprint density at radius 1 is 0.756 bits per heavy atom. The first-order chi connectivity index (χ1) is 20.1. The van der Waals surface area contributed by atoms with Gasteiger partial charge in [0.25, 0.3) is 0 Å². The Labute approximate surface area is 246 Å². The zero-order valence-electron chi connectivity index (χ0n) is 24.9. The van der Waals surface area contributed by atoms with Gasteiger partial charge >= 0.3 is 0 Å². The van der Waals surface area contributed by atoms with Gasteiger partial charge in [0.1, 0.15) is 0 Å². The highest BCUT2D eigenvalue weighted by molar-refractivity contribution is 7.89. The number of ether oxygens (including phenoxy) is 7. The SMILES string of the molecule is CNC(CN1CCCC1)c1cccc(S(=O)(=O)NCCOCCOCCOCCOCCOCCOCCOC)c1. The van der Waals surface area contributed by atoms with E-state index in [2.05, 4.69) is 14.9 Å². The second-order valence-electron chi connectivity index (χ2n) is 9.49. The lowest BCUT2D eigenvalue weighted by Crippen LogP contribution is -2.32. The lowest BCUT2D eigenvalue weighted by atomic mass is 10.1. The number of benzene rings is 1. The number of likely N-dealkylation sites (tertiary alicyclic amines) is 1. The lowest BCUT2D eigenvalue weighted by Gasteiger charge is -2.23. The number of hydrogen-bond acceptors (Lipinski definition) is 11. The Morgan fingerprint density at radius 3 is 1.73 bits per heavy atom. The monoisotopic (exact) mass is 605 g/mol. The van der Waals surface area contributed by atoms with Crippen molar-refractivity contribution in [2.24, 2.45) is 0 Å². The molecule has 1 unspecified atom stereocenters. The predicted octanol–water partition coefficient (Wildman–Crippen LogP) is 1.07. The molecule has 2 N–H and O–H groups in total. The molecule has 0 spiro atoms. The normalized spacial score (nSPS) is 15.1. The molecule has 0 saturated carbocycles. The minimum absolute atomic E-state index is 0.0817. The third-order valence-electron chi connectivity index (χ3n) is 6.39. The van der Waals surface area contributed by atoms with Gasteiger partial charge in [-0.1, -0.05) is 12.1 Å². The highest BCUT2D eigenvalue weighted by atomic mass is 32.2. The van der Waals surface area contributed by atoms with E-state index < -0.39 is 10.0 Å². The van der Waals surface area contributed by atoms with Gasteiger partial charge in [0.05, 0.1) is 90.8 Å². The molecule has 1 saturated heterocycles. The maximum absolute atomic E-state index is 12.8. The van der Waals surface area contributed by atoms with Gasteiger partial charge in [-0.05, 0) is 50.7 Å². The van der Waals surface area contributed by atoms with E-state index in [1.54, 1.807) is 25.3 Å². The Bertz CT molecular complexity index is 873. The number of nitrogens with zero attached hydrogens (tertiary/aromatic N) is 1. The largest absolute Gasteiger partial charge is 0.382 e. The minimum Gasteiger partial charge on any atom is -0.382 e. The van der Waals surface area contributed by atoms with Crippen molar-refractivity contribution in [2.45, 2.75) is 23.8 Å². The molecule has 238 valence electrons. The summed E-state index contributed by atoms with van der Waals surface area (Å²) in [4.78, 5) is 2.67. The van der Waals surface area contributed by atoms with E-state index in [-0.39, 0.29) is 24.1 Å². The third kappa shape index (κ3) is 16.9. The van der Waals surface area contributed by atoms with Gasteiger partial charge in [0, 0.05) is 26.2 Å². The fourth-order valence-corrected chi connectivity index (χ4v) is 5.23. The average molecular weight is 606 g/mol. The fourth-order valence-electron chi connectivity index (χ4n) is 4.16. The number of likely N-dealkylation sites (N-methyl/N-ethyl adjacent to an activating group) is 1. The first-order valence-corrected chi connectivity index (χ1v) is 16.0. The summed E-state index contributed by atoms with van der Waals surface area (Å²) in [6.45, 7) is 9.42. The summed E-state index contributed by atoms with van der Waals surface area (Å²) in [6, 6.07) is 7.22. The van der Waals surface area contributed by atoms with Crippen LogP contribution in [-0.2, 0) is 43.2 Å². The molecule has 1 aliphatic rings. The standard InChI is InChI=1S/C28H51N3O9S/c1-29-28(25-31-9-3-4-10-31)26-6-5-7-27(24-26)41(32,33)30-8-11-35-14-15-37-18-19-39-22-23-40-21-20-38-17-16-36-13-12-34-2/h5-7,24,28-30H,3-4,8-23,25H2,1-2H3. The van der Waals surface area contributed by atoms with E-state index >= 15 is 0 Å². The van der Waals surface area contributed by atoms with Crippen molar-refractivity contribution < 1.29 is 41.6 Å². The molecule has 1 aromatic rings. The van der Waals surface area contributed by atoms with Crippen molar-refractivity contribution in [3.63, 3.8) is 0 Å². The average Bonchev–Trinajstić information content (AvgIpc) is 3.50. The second-order valence-corrected chi connectivity index (χ2v) is 11.3. The molecule has 1 atom stereocenters. The summed E-state index contributed by atoms with van der Waals surface area (Å²) >= 11 is 0. The van der Waals surface area contributed by atoms with Crippen LogP contribution in [-0.4, -0.2) is 140 Å². The molecule has 1 fully saturated rings. The van der Waals surface area contributed by atoms with Crippen molar-refractivity contribution in [1.29, 1.82) is 0 Å². The van der Waals surface area contributed by atoms with Crippen LogP contribution < -0.4 is 10.0 Å². The van der Waals surface area contributed by atoms with E-state index in [9.17, 15) is 8.42 Å². The summed E-state index contributed by atoms with van der Waals surface area (Å²) in [5.41, 5.74) is 0.966. The van der Waals surface area contributed by atoms with E-state index in [1.165, 1.54) is 12.8 Å². The molecule has 0 aromatic heterocycles. The molecule has 0 radical (unpaired) electrons. The number of rotatable bonds is 27. The van der Waals surface area contributed by atoms with Crippen LogP contribution in [0.1, 0.15) is 24.4 Å². The van der Waals surface area contributed by atoms with Crippen LogP contribution in [0.5, 0.6) is 0 Å². The Balaban J connectivity index is 1.42. The maximum atomic E-state index is 12.8. The second kappa shape index (κ2) is 23.3. The van der Waals surface area contributed by atoms with Crippen LogP contribution in [0, 0.1) is 0 Å². The number of nitrogens with one attached hydrogen (secondary N) is 2. The molecule has 13 heteroatoms. The van der Waals surface area contributed by atoms with Crippen LogP contribution in [0.25, 0.3) is 0 Å². The highest BCUT2D eigenvalue weighted by Gasteiger charge is 2.20. The van der Waals surface area contributed by atoms with Crippen LogP contribution in [0.4, 0.5) is 0 Å². The van der Waals surface area contributed by atoms with Gasteiger partial charge < -0.3 is 43.4 Å². The molecule has 0 bridgehead atoms. The van der Waals surface area contributed by atoms with Gasteiger partial charge in [-0.2, -0.15) is 0 Å². The highest BCUT2D eigenvalue weighted by Crippen LogP contribution is 2.20. The van der Waals surface area contributed by atoms with E-state index in [0.29, 0.717) is 79.3 Å². The predicted molar refractivity (Wildman–Crippen MR) is 156 cm³/mol. The maximum Gasteiger partial charge on any atom is 0.240 e. The van der Waals surface area contributed by atoms with Crippen LogP contribution >= 0.6 is 0 Å². The van der Waals surface area contributed by atoms with E-state index in [0.717, 1.165) is 25.2 Å². The van der Waals surface area contributed by atoms with E-state index in [4.69, 9.17) is 33.2 Å². The quantitative estimate of drug-likeness (QED) is 0.140. The first-order valence-electron chi connectivity index (χ1n) is 14.5. The summed E-state index contributed by atoms with van der Waals surface area (Å²) in [6.07, 6.45) is 2.44. The fraction of sp³-hybridized carbons (Fsp3) is 0.786. The Morgan fingerprint density at radius 2 is 1.24 bits per heavy atom. The molecule has 41 heavy (non-hydrogen) atoms. The summed E-state index contributed by atoms with van der Waals surface area (Å²) in [7, 11) is -0.0720. The summed E-state index contributed by atoms with van der Waals surface area (Å²) in [5, 5.41) is 3.32. The Hall–Kier alpha value is -1.23. The molecular weight excluding hydrogens is 554 g/mol. The molecule has 0 aliphatic carbocycles. The van der Waals surface area contributed by atoms with Crippen LogP contribution in [0.2, 0.25) is 0 Å². The lowest BCUT2D eigenvalue weighted by molar-refractivity contribution is -0.0188. The van der Waals surface area contributed by atoms with Crippen LogP contribution in [0.15, 0.2) is 29.2 Å². The van der Waals surface area contributed by atoms with Crippen molar-refractivity contribution in [3.8, 4) is 0 Å². The van der Waals surface area contributed by atoms with Gasteiger partial charge in [0.2, 0.25) is 10.0 Å².